The lowest BCUT2D eigenvalue weighted by atomic mass is 9.97. The molecule has 1 aromatic heterocycles. The van der Waals surface area contributed by atoms with Crippen molar-refractivity contribution in [2.45, 2.75) is 38.8 Å². The SMILES string of the molecule is CCCNC(C)(CCn1cnc2ccccc21)C(=O)O. The van der Waals surface area contributed by atoms with Crippen molar-refractivity contribution in [2.75, 3.05) is 6.54 Å². The summed E-state index contributed by atoms with van der Waals surface area (Å²) in [6.45, 7) is 5.09. The number of aromatic nitrogens is 2. The van der Waals surface area contributed by atoms with E-state index in [1.807, 2.05) is 35.8 Å². The topological polar surface area (TPSA) is 67.2 Å². The van der Waals surface area contributed by atoms with E-state index >= 15 is 0 Å². The van der Waals surface area contributed by atoms with Crippen LogP contribution in [-0.2, 0) is 11.3 Å². The number of benzene rings is 1. The second-order valence-electron chi connectivity index (χ2n) is 5.24. The molecule has 0 aliphatic heterocycles. The van der Waals surface area contributed by atoms with Gasteiger partial charge in [0.05, 0.1) is 17.4 Å². The first-order chi connectivity index (χ1) is 9.57. The van der Waals surface area contributed by atoms with E-state index in [0.29, 0.717) is 19.5 Å². The Bertz CT molecular complexity index is 594. The first-order valence-electron chi connectivity index (χ1n) is 6.95. The minimum Gasteiger partial charge on any atom is -0.480 e. The van der Waals surface area contributed by atoms with Gasteiger partial charge in [-0.3, -0.25) is 4.79 Å². The number of carboxylic acids is 1. The molecule has 1 unspecified atom stereocenters. The molecule has 108 valence electrons. The van der Waals surface area contributed by atoms with Crippen LogP contribution in [0.4, 0.5) is 0 Å². The highest BCUT2D eigenvalue weighted by molar-refractivity contribution is 5.78. The Hall–Kier alpha value is -1.88. The van der Waals surface area contributed by atoms with Gasteiger partial charge in [-0.05, 0) is 38.4 Å². The van der Waals surface area contributed by atoms with Crippen molar-refractivity contribution in [1.29, 1.82) is 0 Å². The number of hydrogen-bond acceptors (Lipinski definition) is 3. The number of carbonyl (C=O) groups is 1. The van der Waals surface area contributed by atoms with Crippen LogP contribution in [0.1, 0.15) is 26.7 Å². The van der Waals surface area contributed by atoms with Gasteiger partial charge in [-0.15, -0.1) is 0 Å². The van der Waals surface area contributed by atoms with Gasteiger partial charge in [0, 0.05) is 6.54 Å². The number of carboxylic acid groups (broad SMARTS) is 1. The molecule has 2 rings (SSSR count). The number of rotatable bonds is 7. The minimum atomic E-state index is -0.901. The van der Waals surface area contributed by atoms with Gasteiger partial charge in [-0.2, -0.15) is 0 Å². The molecule has 5 heteroatoms. The molecular weight excluding hydrogens is 254 g/mol. The van der Waals surface area contributed by atoms with E-state index in [1.54, 1.807) is 13.3 Å². The van der Waals surface area contributed by atoms with E-state index in [4.69, 9.17) is 0 Å². The highest BCUT2D eigenvalue weighted by Gasteiger charge is 2.31. The van der Waals surface area contributed by atoms with E-state index in [9.17, 15) is 9.90 Å². The summed E-state index contributed by atoms with van der Waals surface area (Å²) in [5.41, 5.74) is 1.07. The summed E-state index contributed by atoms with van der Waals surface area (Å²) in [4.78, 5) is 15.8. The summed E-state index contributed by atoms with van der Waals surface area (Å²) in [7, 11) is 0. The number of para-hydroxylation sites is 2. The number of hydrogen-bond donors (Lipinski definition) is 2. The molecule has 0 saturated heterocycles. The highest BCUT2D eigenvalue weighted by Crippen LogP contribution is 2.16. The summed E-state index contributed by atoms with van der Waals surface area (Å²) < 4.78 is 2.00. The van der Waals surface area contributed by atoms with Crippen molar-refractivity contribution >= 4 is 17.0 Å². The fraction of sp³-hybridized carbons (Fsp3) is 0.467. The number of nitrogens with one attached hydrogen (secondary N) is 1. The maximum Gasteiger partial charge on any atom is 0.323 e. The van der Waals surface area contributed by atoms with Crippen LogP contribution in [0, 0.1) is 0 Å². The number of aryl methyl sites for hydroxylation is 1. The standard InChI is InChI=1S/C15H21N3O2/c1-3-9-17-15(2,14(19)20)8-10-18-11-16-12-6-4-5-7-13(12)18/h4-7,11,17H,3,8-10H2,1-2H3,(H,19,20). The van der Waals surface area contributed by atoms with Gasteiger partial charge in [0.25, 0.3) is 0 Å². The molecule has 0 bridgehead atoms. The van der Waals surface area contributed by atoms with Crippen LogP contribution in [0.25, 0.3) is 11.0 Å². The normalized spacial score (nSPS) is 14.3. The predicted molar refractivity (Wildman–Crippen MR) is 78.7 cm³/mol. The summed E-state index contributed by atoms with van der Waals surface area (Å²) in [5, 5.41) is 12.5. The molecule has 2 aromatic rings. The van der Waals surface area contributed by atoms with Crippen LogP contribution in [0.5, 0.6) is 0 Å². The van der Waals surface area contributed by atoms with Gasteiger partial charge < -0.3 is 15.0 Å². The van der Waals surface area contributed by atoms with Crippen molar-refractivity contribution < 1.29 is 9.90 Å². The molecule has 0 radical (unpaired) electrons. The van der Waals surface area contributed by atoms with Crippen LogP contribution in [0.3, 0.4) is 0 Å². The van der Waals surface area contributed by atoms with E-state index in [1.165, 1.54) is 0 Å². The van der Waals surface area contributed by atoms with Crippen molar-refractivity contribution in [3.05, 3.63) is 30.6 Å². The zero-order valence-corrected chi connectivity index (χ0v) is 12.0. The molecular formula is C15H21N3O2. The maximum atomic E-state index is 11.5. The van der Waals surface area contributed by atoms with Gasteiger partial charge in [-0.1, -0.05) is 19.1 Å². The molecule has 0 fully saturated rings. The van der Waals surface area contributed by atoms with Crippen molar-refractivity contribution in [3.8, 4) is 0 Å². The molecule has 0 spiro atoms. The van der Waals surface area contributed by atoms with Crippen LogP contribution in [0.15, 0.2) is 30.6 Å². The average molecular weight is 275 g/mol. The molecule has 0 aliphatic carbocycles. The van der Waals surface area contributed by atoms with Crippen LogP contribution in [-0.4, -0.2) is 32.7 Å². The largest absolute Gasteiger partial charge is 0.480 e. The Balaban J connectivity index is 2.11. The Kier molecular flexibility index (Phi) is 4.39. The van der Waals surface area contributed by atoms with Crippen LogP contribution in [0.2, 0.25) is 0 Å². The Morgan fingerprint density at radius 1 is 1.45 bits per heavy atom. The van der Waals surface area contributed by atoms with Crippen molar-refractivity contribution in [2.24, 2.45) is 0 Å². The molecule has 5 nitrogen and oxygen atoms in total. The van der Waals surface area contributed by atoms with Gasteiger partial charge >= 0.3 is 5.97 Å². The molecule has 1 aromatic carbocycles. The molecule has 20 heavy (non-hydrogen) atoms. The Morgan fingerprint density at radius 2 is 2.20 bits per heavy atom. The predicted octanol–water partition coefficient (Wildman–Crippen LogP) is 2.27. The molecule has 0 saturated carbocycles. The number of imidazole rings is 1. The average Bonchev–Trinajstić information content (AvgIpc) is 2.86. The second-order valence-corrected chi connectivity index (χ2v) is 5.24. The fourth-order valence-corrected chi connectivity index (χ4v) is 2.20. The van der Waals surface area contributed by atoms with Crippen molar-refractivity contribution in [1.82, 2.24) is 14.9 Å². The van der Waals surface area contributed by atoms with E-state index < -0.39 is 11.5 Å². The Labute approximate surface area is 118 Å². The molecule has 0 aliphatic rings. The summed E-state index contributed by atoms with van der Waals surface area (Å²) in [5.74, 6) is -0.810. The summed E-state index contributed by atoms with van der Waals surface area (Å²) in [6.07, 6.45) is 3.20. The quantitative estimate of drug-likeness (QED) is 0.813. The zero-order chi connectivity index (χ0) is 14.6. The van der Waals surface area contributed by atoms with Crippen molar-refractivity contribution in [3.63, 3.8) is 0 Å². The maximum absolute atomic E-state index is 11.5. The van der Waals surface area contributed by atoms with E-state index in [-0.39, 0.29) is 0 Å². The minimum absolute atomic E-state index is 0.517. The second kappa shape index (κ2) is 6.05. The Morgan fingerprint density at radius 3 is 2.90 bits per heavy atom. The molecule has 1 heterocycles. The number of aliphatic carboxylic acids is 1. The fourth-order valence-electron chi connectivity index (χ4n) is 2.20. The monoisotopic (exact) mass is 275 g/mol. The first kappa shape index (κ1) is 14.5. The lowest BCUT2D eigenvalue weighted by Crippen LogP contribution is -2.50. The van der Waals surface area contributed by atoms with Gasteiger partial charge in [0.15, 0.2) is 0 Å². The van der Waals surface area contributed by atoms with E-state index in [0.717, 1.165) is 17.5 Å². The first-order valence-corrected chi connectivity index (χ1v) is 6.95. The summed E-state index contributed by atoms with van der Waals surface area (Å²) in [6, 6.07) is 7.87. The van der Waals surface area contributed by atoms with E-state index in [2.05, 4.69) is 10.3 Å². The molecule has 1 atom stereocenters. The number of nitrogens with zero attached hydrogens (tertiary/aromatic N) is 2. The van der Waals surface area contributed by atoms with Gasteiger partial charge in [0.2, 0.25) is 0 Å². The molecule has 2 N–H and O–H groups in total. The van der Waals surface area contributed by atoms with Crippen LogP contribution >= 0.6 is 0 Å². The third kappa shape index (κ3) is 2.99. The number of fused-ring (bicyclic) bond motifs is 1. The van der Waals surface area contributed by atoms with Crippen LogP contribution < -0.4 is 5.32 Å². The van der Waals surface area contributed by atoms with Gasteiger partial charge in [-0.25, -0.2) is 4.98 Å². The highest BCUT2D eigenvalue weighted by atomic mass is 16.4. The smallest absolute Gasteiger partial charge is 0.323 e. The van der Waals surface area contributed by atoms with Gasteiger partial charge in [0.1, 0.15) is 5.54 Å². The molecule has 0 amide bonds. The zero-order valence-electron chi connectivity index (χ0n) is 12.0. The third-order valence-electron chi connectivity index (χ3n) is 3.62. The third-order valence-corrected chi connectivity index (χ3v) is 3.62. The lowest BCUT2D eigenvalue weighted by molar-refractivity contribution is -0.144. The summed E-state index contributed by atoms with van der Waals surface area (Å²) >= 11 is 0. The lowest BCUT2D eigenvalue weighted by Gasteiger charge is -2.26.